The van der Waals surface area contributed by atoms with E-state index in [-0.39, 0.29) is 19.3 Å². The van der Waals surface area contributed by atoms with Gasteiger partial charge in [-0.2, -0.15) is 0 Å². The first-order chi connectivity index (χ1) is 7.47. The molecule has 0 saturated carbocycles. The van der Waals surface area contributed by atoms with Crippen molar-refractivity contribution in [1.29, 1.82) is 0 Å². The van der Waals surface area contributed by atoms with Crippen LogP contribution in [0.1, 0.15) is 19.8 Å². The van der Waals surface area contributed by atoms with Gasteiger partial charge >= 0.3 is 7.60 Å². The predicted octanol–water partition coefficient (Wildman–Crippen LogP) is -0.500. The molecule has 2 atom stereocenters. The van der Waals surface area contributed by atoms with E-state index in [0.29, 0.717) is 6.42 Å². The van der Waals surface area contributed by atoms with Gasteiger partial charge in [-0.3, -0.25) is 13.6 Å². The summed E-state index contributed by atoms with van der Waals surface area (Å²) >= 11 is 0. The second-order valence-electron chi connectivity index (χ2n) is 3.45. The van der Waals surface area contributed by atoms with Gasteiger partial charge in [-0.15, -0.1) is 0 Å². The van der Waals surface area contributed by atoms with Crippen LogP contribution in [0, 0.1) is 0 Å². The first kappa shape index (κ1) is 16.0. The summed E-state index contributed by atoms with van der Waals surface area (Å²) in [7, 11) is -3.29. The van der Waals surface area contributed by atoms with Crippen LogP contribution < -0.4 is 22.9 Å². The van der Waals surface area contributed by atoms with Crippen molar-refractivity contribution in [1.82, 2.24) is 0 Å². The van der Waals surface area contributed by atoms with Gasteiger partial charge in [0, 0.05) is 13.1 Å². The minimum Gasteiger partial charge on any atom is -0.327 e. The summed E-state index contributed by atoms with van der Waals surface area (Å²) in [6, 6.07) is 0. The molecule has 0 aliphatic rings. The first-order valence-corrected chi connectivity index (χ1v) is 7.07. The van der Waals surface area contributed by atoms with Crippen LogP contribution in [0.5, 0.6) is 0 Å². The van der Waals surface area contributed by atoms with Crippen molar-refractivity contribution in [3.8, 4) is 0 Å². The Hall–Kier alpha value is -0.0100. The lowest BCUT2D eigenvalue weighted by molar-refractivity contribution is 0.123. The van der Waals surface area contributed by atoms with Crippen LogP contribution in [0.15, 0.2) is 0 Å². The van der Waals surface area contributed by atoms with Gasteiger partial charge in [0.05, 0.1) is 6.16 Å². The van der Waals surface area contributed by atoms with Crippen molar-refractivity contribution in [3.05, 3.63) is 0 Å². The summed E-state index contributed by atoms with van der Waals surface area (Å²) in [5, 5.41) is 0. The van der Waals surface area contributed by atoms with E-state index in [1.54, 1.807) is 0 Å². The van der Waals surface area contributed by atoms with Crippen molar-refractivity contribution in [2.75, 3.05) is 19.3 Å². The molecule has 0 heterocycles. The lowest BCUT2D eigenvalue weighted by atomic mass is 10.4. The summed E-state index contributed by atoms with van der Waals surface area (Å²) in [4.78, 5) is 0. The Morgan fingerprint density at radius 3 is 1.88 bits per heavy atom. The molecule has 0 aromatic carbocycles. The van der Waals surface area contributed by atoms with Gasteiger partial charge in [0.15, 0.2) is 0 Å². The summed E-state index contributed by atoms with van der Waals surface area (Å²) in [6.45, 7) is 2.10. The van der Waals surface area contributed by atoms with Gasteiger partial charge in [0.2, 0.25) is 0 Å². The maximum atomic E-state index is 12.2. The van der Waals surface area contributed by atoms with Crippen LogP contribution in [-0.2, 0) is 13.6 Å². The Kier molecular flexibility index (Phi) is 8.13. The zero-order valence-electron chi connectivity index (χ0n) is 9.67. The van der Waals surface area contributed by atoms with E-state index in [1.807, 2.05) is 6.92 Å². The molecule has 16 heavy (non-hydrogen) atoms. The molecule has 0 aliphatic heterocycles. The van der Waals surface area contributed by atoms with E-state index >= 15 is 0 Å². The quantitative estimate of drug-likeness (QED) is 0.321. The van der Waals surface area contributed by atoms with Crippen molar-refractivity contribution >= 4 is 7.60 Å². The molecule has 8 N–H and O–H groups in total. The third-order valence-electron chi connectivity index (χ3n) is 1.84. The molecule has 98 valence electrons. The Labute approximate surface area is 96.3 Å². The number of hydrogen-bond donors (Lipinski definition) is 4. The molecule has 7 nitrogen and oxygen atoms in total. The van der Waals surface area contributed by atoms with Crippen LogP contribution in [0.2, 0.25) is 0 Å². The Morgan fingerprint density at radius 2 is 1.56 bits per heavy atom. The second kappa shape index (κ2) is 8.14. The van der Waals surface area contributed by atoms with E-state index < -0.39 is 20.1 Å². The van der Waals surface area contributed by atoms with E-state index in [9.17, 15) is 4.57 Å². The average Bonchev–Trinajstić information content (AvgIpc) is 2.25. The van der Waals surface area contributed by atoms with Crippen LogP contribution in [-0.4, -0.2) is 31.7 Å². The van der Waals surface area contributed by atoms with Gasteiger partial charge in [-0.05, 0) is 6.42 Å². The molecule has 0 aromatic rings. The highest BCUT2D eigenvalue weighted by molar-refractivity contribution is 7.53. The third kappa shape index (κ3) is 6.55. The summed E-state index contributed by atoms with van der Waals surface area (Å²) < 4.78 is 22.4. The zero-order valence-corrected chi connectivity index (χ0v) is 10.6. The van der Waals surface area contributed by atoms with Gasteiger partial charge in [-0.25, -0.2) is 0 Å². The van der Waals surface area contributed by atoms with Gasteiger partial charge in [0.25, 0.3) is 0 Å². The molecule has 0 fully saturated rings. The maximum absolute atomic E-state index is 12.2. The molecule has 0 aromatic heterocycles. The monoisotopic (exact) mass is 254 g/mol. The van der Waals surface area contributed by atoms with Crippen molar-refractivity contribution < 1.29 is 13.6 Å². The van der Waals surface area contributed by atoms with E-state index in [1.165, 1.54) is 0 Å². The lowest BCUT2D eigenvalue weighted by Gasteiger charge is -2.24. The molecular formula is C8H23N4O3P. The Morgan fingerprint density at radius 1 is 1.12 bits per heavy atom. The number of nitrogens with two attached hydrogens (primary N) is 4. The maximum Gasteiger partial charge on any atom is 0.333 e. The minimum atomic E-state index is -3.29. The largest absolute Gasteiger partial charge is 0.333 e. The summed E-state index contributed by atoms with van der Waals surface area (Å²) in [5.41, 5.74) is 21.5. The molecule has 0 saturated heterocycles. The van der Waals surface area contributed by atoms with Crippen LogP contribution >= 0.6 is 7.60 Å². The smallest absolute Gasteiger partial charge is 0.327 e. The van der Waals surface area contributed by atoms with Crippen LogP contribution in [0.4, 0.5) is 0 Å². The average molecular weight is 254 g/mol. The molecule has 0 spiro atoms. The molecule has 0 radical (unpaired) electrons. The topological polar surface area (TPSA) is 140 Å². The molecule has 0 rings (SSSR count). The molecule has 2 unspecified atom stereocenters. The summed E-state index contributed by atoms with van der Waals surface area (Å²) in [6.07, 6.45) is 0.212. The highest BCUT2D eigenvalue weighted by Gasteiger charge is 2.28. The van der Waals surface area contributed by atoms with Crippen molar-refractivity contribution in [2.24, 2.45) is 22.9 Å². The first-order valence-electron chi connectivity index (χ1n) is 5.34. The highest BCUT2D eigenvalue weighted by atomic mass is 31.2. The number of unbranched alkanes of at least 4 members (excludes halogenated alkanes) is 1. The van der Waals surface area contributed by atoms with Gasteiger partial charge < -0.3 is 22.9 Å². The number of hydrogen-bond acceptors (Lipinski definition) is 7. The molecule has 8 heteroatoms. The SMILES string of the molecule is CCCCP(=O)(OC(N)CN)OC(N)CN. The van der Waals surface area contributed by atoms with Crippen molar-refractivity contribution in [2.45, 2.75) is 32.2 Å². The summed E-state index contributed by atoms with van der Waals surface area (Å²) in [5.74, 6) is 0. The highest BCUT2D eigenvalue weighted by Crippen LogP contribution is 2.50. The predicted molar refractivity (Wildman–Crippen MR) is 63.6 cm³/mol. The third-order valence-corrected chi connectivity index (χ3v) is 3.89. The molecule has 0 amide bonds. The van der Waals surface area contributed by atoms with Crippen LogP contribution in [0.25, 0.3) is 0 Å². The standard InChI is InChI=1S/C8H23N4O3P/c1-2-3-4-16(13,14-7(11)5-9)15-8(12)6-10/h7-8H,2-6,9-12H2,1H3. The van der Waals surface area contributed by atoms with E-state index in [2.05, 4.69) is 0 Å². The van der Waals surface area contributed by atoms with E-state index in [4.69, 9.17) is 32.0 Å². The van der Waals surface area contributed by atoms with Crippen molar-refractivity contribution in [3.63, 3.8) is 0 Å². The normalized spacial score (nSPS) is 19.1. The molecule has 0 bridgehead atoms. The fourth-order valence-electron chi connectivity index (χ4n) is 0.981. The molecular weight excluding hydrogens is 231 g/mol. The Balaban J connectivity index is 4.41. The van der Waals surface area contributed by atoms with Crippen LogP contribution in [0.3, 0.4) is 0 Å². The Bertz CT molecular complexity index is 213. The second-order valence-corrected chi connectivity index (χ2v) is 5.54. The molecule has 0 aliphatic carbocycles. The lowest BCUT2D eigenvalue weighted by Crippen LogP contribution is -2.35. The fourth-order valence-corrected chi connectivity index (χ4v) is 2.94. The minimum absolute atomic E-state index is 0.0668. The van der Waals surface area contributed by atoms with Gasteiger partial charge in [-0.1, -0.05) is 13.3 Å². The zero-order chi connectivity index (χ0) is 12.6. The van der Waals surface area contributed by atoms with Gasteiger partial charge in [0.1, 0.15) is 12.5 Å². The fraction of sp³-hybridized carbons (Fsp3) is 1.00. The number of rotatable bonds is 9. The van der Waals surface area contributed by atoms with E-state index in [0.717, 1.165) is 6.42 Å².